The topological polar surface area (TPSA) is 62.0 Å². The van der Waals surface area contributed by atoms with Crippen LogP contribution in [-0.4, -0.2) is 16.9 Å². The molecule has 1 saturated carbocycles. The van der Waals surface area contributed by atoms with Crippen molar-refractivity contribution in [3.63, 3.8) is 0 Å². The second-order valence-electron chi connectivity index (χ2n) is 5.91. The van der Waals surface area contributed by atoms with Crippen molar-refractivity contribution in [1.82, 2.24) is 10.3 Å². The van der Waals surface area contributed by atoms with Crippen molar-refractivity contribution in [3.05, 3.63) is 44.7 Å². The number of fused-ring (bicyclic) bond motifs is 1. The lowest BCUT2D eigenvalue weighted by atomic mass is 10.1. The fraction of sp³-hybridized carbons (Fsp3) is 0.412. The number of halogens is 1. The number of amides is 1. The Balaban J connectivity index is 1.86. The van der Waals surface area contributed by atoms with Crippen LogP contribution >= 0.6 is 15.9 Å². The number of aromatic amines is 1. The van der Waals surface area contributed by atoms with E-state index in [-0.39, 0.29) is 23.1 Å². The molecular weight excluding hydrogens is 344 g/mol. The van der Waals surface area contributed by atoms with Crippen LogP contribution in [0.2, 0.25) is 0 Å². The first-order valence-electron chi connectivity index (χ1n) is 7.77. The minimum Gasteiger partial charge on any atom is -0.349 e. The maximum Gasteiger partial charge on any atom is 0.261 e. The van der Waals surface area contributed by atoms with Crippen molar-refractivity contribution < 1.29 is 4.79 Å². The van der Waals surface area contributed by atoms with Gasteiger partial charge in [0, 0.05) is 21.4 Å². The zero-order valence-electron chi connectivity index (χ0n) is 12.3. The van der Waals surface area contributed by atoms with Crippen LogP contribution < -0.4 is 10.9 Å². The second-order valence-corrected chi connectivity index (χ2v) is 6.82. The summed E-state index contributed by atoms with van der Waals surface area (Å²) >= 11 is 3.41. The quantitative estimate of drug-likeness (QED) is 0.799. The minimum atomic E-state index is -0.332. The van der Waals surface area contributed by atoms with Crippen LogP contribution in [0.5, 0.6) is 0 Å². The van der Waals surface area contributed by atoms with Crippen LogP contribution in [0.4, 0.5) is 0 Å². The molecule has 1 aliphatic carbocycles. The van der Waals surface area contributed by atoms with Gasteiger partial charge in [0.05, 0.1) is 0 Å². The molecule has 5 heteroatoms. The third-order valence-electron chi connectivity index (χ3n) is 4.24. The van der Waals surface area contributed by atoms with Crippen molar-refractivity contribution in [2.45, 2.75) is 44.6 Å². The van der Waals surface area contributed by atoms with Gasteiger partial charge in [0.25, 0.3) is 11.5 Å². The predicted molar refractivity (Wildman–Crippen MR) is 91.2 cm³/mol. The molecule has 2 N–H and O–H groups in total. The van der Waals surface area contributed by atoms with Gasteiger partial charge in [-0.25, -0.2) is 0 Å². The monoisotopic (exact) mass is 362 g/mol. The number of pyridine rings is 1. The van der Waals surface area contributed by atoms with Gasteiger partial charge < -0.3 is 10.3 Å². The molecule has 1 aromatic heterocycles. The van der Waals surface area contributed by atoms with Gasteiger partial charge in [0.2, 0.25) is 0 Å². The zero-order chi connectivity index (χ0) is 15.5. The molecule has 0 atom stereocenters. The number of carbonyl (C=O) groups is 1. The van der Waals surface area contributed by atoms with Crippen LogP contribution in [0.3, 0.4) is 0 Å². The zero-order valence-corrected chi connectivity index (χ0v) is 13.9. The Morgan fingerprint density at radius 1 is 1.14 bits per heavy atom. The summed E-state index contributed by atoms with van der Waals surface area (Å²) in [5, 5.41) is 3.87. The fourth-order valence-electron chi connectivity index (χ4n) is 3.03. The highest BCUT2D eigenvalue weighted by molar-refractivity contribution is 9.10. The molecule has 0 bridgehead atoms. The Bertz CT molecular complexity index is 746. The van der Waals surface area contributed by atoms with E-state index in [1.807, 2.05) is 18.2 Å². The SMILES string of the molecule is O=C(NC1CCCCCC1)c1cc2cc(Br)ccc2[nH]c1=O. The van der Waals surface area contributed by atoms with Crippen LogP contribution in [0.1, 0.15) is 48.9 Å². The number of rotatable bonds is 2. The van der Waals surface area contributed by atoms with E-state index in [9.17, 15) is 9.59 Å². The number of aromatic nitrogens is 1. The van der Waals surface area contributed by atoms with Gasteiger partial charge in [-0.3, -0.25) is 9.59 Å². The molecule has 0 radical (unpaired) electrons. The molecule has 0 saturated heterocycles. The number of H-pyrrole nitrogens is 1. The van der Waals surface area contributed by atoms with Gasteiger partial charge in [-0.05, 0) is 37.1 Å². The van der Waals surface area contributed by atoms with Gasteiger partial charge in [-0.15, -0.1) is 0 Å². The summed E-state index contributed by atoms with van der Waals surface area (Å²) in [5.41, 5.74) is 0.593. The largest absolute Gasteiger partial charge is 0.349 e. The Morgan fingerprint density at radius 2 is 1.86 bits per heavy atom. The van der Waals surface area contributed by atoms with E-state index in [1.165, 1.54) is 12.8 Å². The normalized spacial score (nSPS) is 16.4. The smallest absolute Gasteiger partial charge is 0.261 e. The fourth-order valence-corrected chi connectivity index (χ4v) is 3.41. The van der Waals surface area contributed by atoms with Crippen LogP contribution in [-0.2, 0) is 0 Å². The first-order chi connectivity index (χ1) is 10.6. The van der Waals surface area contributed by atoms with Gasteiger partial charge in [0.1, 0.15) is 5.56 Å². The van der Waals surface area contributed by atoms with Gasteiger partial charge in [-0.2, -0.15) is 0 Å². The molecule has 3 rings (SSSR count). The molecule has 1 amide bonds. The minimum absolute atomic E-state index is 0.188. The summed E-state index contributed by atoms with van der Waals surface area (Å²) in [6.07, 6.45) is 6.76. The molecule has 4 nitrogen and oxygen atoms in total. The van der Waals surface area contributed by atoms with Gasteiger partial charge in [-0.1, -0.05) is 41.6 Å². The molecule has 0 unspecified atom stereocenters. The third-order valence-corrected chi connectivity index (χ3v) is 4.73. The highest BCUT2D eigenvalue weighted by Gasteiger charge is 2.18. The number of nitrogens with one attached hydrogen (secondary N) is 2. The molecule has 0 spiro atoms. The molecule has 2 aromatic rings. The third kappa shape index (κ3) is 3.40. The number of carbonyl (C=O) groups excluding carboxylic acids is 1. The molecule has 1 aromatic carbocycles. The van der Waals surface area contributed by atoms with E-state index in [1.54, 1.807) is 6.07 Å². The standard InChI is InChI=1S/C17H19BrN2O2/c18-12-7-8-15-11(9-12)10-14(17(22)20-15)16(21)19-13-5-3-1-2-4-6-13/h7-10,13H,1-6H2,(H,19,21)(H,20,22). The first kappa shape index (κ1) is 15.3. The Labute approximate surface area is 137 Å². The lowest BCUT2D eigenvalue weighted by Gasteiger charge is -2.16. The van der Waals surface area contributed by atoms with Gasteiger partial charge in [0.15, 0.2) is 0 Å². The lowest BCUT2D eigenvalue weighted by Crippen LogP contribution is -2.37. The summed E-state index contributed by atoms with van der Waals surface area (Å²) in [6.45, 7) is 0. The molecule has 1 aliphatic rings. The van der Waals surface area contributed by atoms with Gasteiger partial charge >= 0.3 is 0 Å². The predicted octanol–water partition coefficient (Wildman–Crippen LogP) is 3.74. The average molecular weight is 363 g/mol. The second kappa shape index (κ2) is 6.65. The van der Waals surface area contributed by atoms with E-state index in [2.05, 4.69) is 26.2 Å². The van der Waals surface area contributed by atoms with E-state index in [0.717, 1.165) is 41.1 Å². The lowest BCUT2D eigenvalue weighted by molar-refractivity contribution is 0.0932. The summed E-state index contributed by atoms with van der Waals surface area (Å²) in [5.74, 6) is -0.268. The Kier molecular flexibility index (Phi) is 4.62. The average Bonchev–Trinajstić information content (AvgIpc) is 2.75. The van der Waals surface area contributed by atoms with Crippen LogP contribution in [0.25, 0.3) is 10.9 Å². The molecule has 1 fully saturated rings. The summed E-state index contributed by atoms with van der Waals surface area (Å²) in [7, 11) is 0. The van der Waals surface area contributed by atoms with Crippen molar-refractivity contribution in [3.8, 4) is 0 Å². The van der Waals surface area contributed by atoms with Crippen molar-refractivity contribution in [1.29, 1.82) is 0 Å². The van der Waals surface area contributed by atoms with E-state index >= 15 is 0 Å². The molecule has 0 aliphatic heterocycles. The van der Waals surface area contributed by atoms with Crippen molar-refractivity contribution >= 4 is 32.7 Å². The molecule has 22 heavy (non-hydrogen) atoms. The number of benzene rings is 1. The summed E-state index contributed by atoms with van der Waals surface area (Å²) in [6, 6.07) is 7.45. The van der Waals surface area contributed by atoms with E-state index < -0.39 is 0 Å². The van der Waals surface area contributed by atoms with E-state index in [0.29, 0.717) is 0 Å². The van der Waals surface area contributed by atoms with E-state index in [4.69, 9.17) is 0 Å². The molecular formula is C17H19BrN2O2. The highest BCUT2D eigenvalue weighted by atomic mass is 79.9. The Morgan fingerprint density at radius 3 is 2.59 bits per heavy atom. The van der Waals surface area contributed by atoms with Crippen molar-refractivity contribution in [2.24, 2.45) is 0 Å². The number of hydrogen-bond donors (Lipinski definition) is 2. The highest BCUT2D eigenvalue weighted by Crippen LogP contribution is 2.19. The summed E-state index contributed by atoms with van der Waals surface area (Å²) in [4.78, 5) is 27.4. The van der Waals surface area contributed by atoms with Crippen LogP contribution in [0.15, 0.2) is 33.5 Å². The Hall–Kier alpha value is -1.62. The summed E-state index contributed by atoms with van der Waals surface area (Å²) < 4.78 is 0.919. The molecule has 116 valence electrons. The maximum atomic E-state index is 12.4. The number of hydrogen-bond acceptors (Lipinski definition) is 2. The van der Waals surface area contributed by atoms with Crippen LogP contribution in [0, 0.1) is 0 Å². The molecule has 1 heterocycles. The maximum absolute atomic E-state index is 12.4. The first-order valence-corrected chi connectivity index (χ1v) is 8.56. The van der Waals surface area contributed by atoms with Crippen molar-refractivity contribution in [2.75, 3.05) is 0 Å².